The molecule has 0 N–H and O–H groups in total. The second-order valence-corrected chi connectivity index (χ2v) is 12.0. The van der Waals surface area contributed by atoms with Crippen LogP contribution in [0.15, 0.2) is 18.2 Å². The van der Waals surface area contributed by atoms with Crippen LogP contribution in [-0.4, -0.2) is 126 Å². The van der Waals surface area contributed by atoms with Crippen molar-refractivity contribution in [2.45, 2.75) is 39.2 Å². The van der Waals surface area contributed by atoms with Crippen LogP contribution < -0.4 is 14.5 Å². The number of hydrogen-bond donors (Lipinski definition) is 0. The standard InChI is InChI=1S/C29H41F2N9O4/c1-29(2,3)44-28(41)39-13-11-37(12-14-39)25-33-26(38-15-18-42-19-16-38)35-27(34-25)40-20-8-6-9-21(43-17-7-10-36(4)5)22(20)32-24(40)23(30)31/h6,8-9,23H,7,10-19H2,1-5H3. The van der Waals surface area contributed by atoms with Crippen LogP contribution in [0.5, 0.6) is 5.75 Å². The summed E-state index contributed by atoms with van der Waals surface area (Å²) < 4.78 is 47.4. The molecular weight excluding hydrogens is 576 g/mol. The molecule has 1 amide bonds. The van der Waals surface area contributed by atoms with Gasteiger partial charge in [-0.05, 0) is 53.4 Å². The van der Waals surface area contributed by atoms with Crippen molar-refractivity contribution >= 4 is 29.0 Å². The van der Waals surface area contributed by atoms with E-state index in [-0.39, 0.29) is 12.0 Å². The topological polar surface area (TPSA) is 114 Å². The summed E-state index contributed by atoms with van der Waals surface area (Å²) in [6, 6.07) is 5.18. The quantitative estimate of drug-likeness (QED) is 0.329. The number of hydrogen-bond acceptors (Lipinski definition) is 11. The van der Waals surface area contributed by atoms with Gasteiger partial charge in [0.1, 0.15) is 16.9 Å². The summed E-state index contributed by atoms with van der Waals surface area (Å²) >= 11 is 0. The molecular formula is C29H41F2N9O4. The SMILES string of the molecule is CN(C)CCCOc1cccc2c1nc(C(F)F)n2-c1nc(N2CCOCC2)nc(N2CCN(C(=O)OC(C)(C)C)CC2)n1. The summed E-state index contributed by atoms with van der Waals surface area (Å²) in [5, 5.41) is 0. The van der Waals surface area contributed by atoms with Gasteiger partial charge in [0.05, 0.1) is 25.3 Å². The highest BCUT2D eigenvalue weighted by molar-refractivity contribution is 5.84. The van der Waals surface area contributed by atoms with E-state index in [1.165, 1.54) is 4.57 Å². The number of carbonyl (C=O) groups excluding carboxylic acids is 1. The number of aromatic nitrogens is 5. The molecule has 2 aromatic heterocycles. The van der Waals surface area contributed by atoms with E-state index in [0.717, 1.165) is 13.0 Å². The number of amides is 1. The molecule has 15 heteroatoms. The molecule has 0 radical (unpaired) electrons. The molecule has 0 unspecified atom stereocenters. The number of nitrogens with zero attached hydrogens (tertiary/aromatic N) is 9. The van der Waals surface area contributed by atoms with Crippen molar-refractivity contribution in [2.75, 3.05) is 89.5 Å². The lowest BCUT2D eigenvalue weighted by Gasteiger charge is -2.36. The zero-order valence-corrected chi connectivity index (χ0v) is 26.0. The summed E-state index contributed by atoms with van der Waals surface area (Å²) in [5.74, 6) is 0.667. The first-order valence-corrected chi connectivity index (χ1v) is 14.9. The van der Waals surface area contributed by atoms with E-state index in [4.69, 9.17) is 24.2 Å². The van der Waals surface area contributed by atoms with Gasteiger partial charge in [-0.2, -0.15) is 15.0 Å². The lowest BCUT2D eigenvalue weighted by atomic mass is 10.2. The third kappa shape index (κ3) is 7.44. The van der Waals surface area contributed by atoms with Crippen LogP contribution in [-0.2, 0) is 9.47 Å². The van der Waals surface area contributed by atoms with Crippen LogP contribution in [0.2, 0.25) is 0 Å². The molecule has 44 heavy (non-hydrogen) atoms. The number of carbonyl (C=O) groups is 1. The van der Waals surface area contributed by atoms with Gasteiger partial charge in [-0.25, -0.2) is 18.6 Å². The number of ether oxygens (including phenoxy) is 3. The Kier molecular flexibility index (Phi) is 9.63. The zero-order valence-electron chi connectivity index (χ0n) is 26.0. The molecule has 0 spiro atoms. The number of alkyl halides is 2. The van der Waals surface area contributed by atoms with Gasteiger partial charge >= 0.3 is 6.09 Å². The minimum Gasteiger partial charge on any atom is -0.491 e. The Balaban J connectivity index is 1.50. The molecule has 2 aliphatic heterocycles. The van der Waals surface area contributed by atoms with Crippen molar-refractivity contribution < 1.29 is 27.8 Å². The van der Waals surface area contributed by atoms with E-state index in [0.29, 0.717) is 87.8 Å². The Morgan fingerprint density at radius 3 is 2.20 bits per heavy atom. The van der Waals surface area contributed by atoms with Crippen LogP contribution in [0.4, 0.5) is 25.5 Å². The Bertz CT molecular complexity index is 1430. The predicted octanol–water partition coefficient (Wildman–Crippen LogP) is 3.37. The minimum atomic E-state index is -2.89. The number of para-hydroxylation sites is 1. The average molecular weight is 618 g/mol. The second-order valence-electron chi connectivity index (χ2n) is 12.0. The highest BCUT2D eigenvalue weighted by Crippen LogP contribution is 2.33. The van der Waals surface area contributed by atoms with Crippen LogP contribution >= 0.6 is 0 Å². The summed E-state index contributed by atoms with van der Waals surface area (Å²) in [5.41, 5.74) is 0.121. The van der Waals surface area contributed by atoms with Crippen molar-refractivity contribution in [2.24, 2.45) is 0 Å². The summed E-state index contributed by atoms with van der Waals surface area (Å²) in [7, 11) is 3.96. The Morgan fingerprint density at radius 1 is 0.955 bits per heavy atom. The Hall–Kier alpha value is -3.85. The highest BCUT2D eigenvalue weighted by atomic mass is 19.3. The fraction of sp³-hybridized carbons (Fsp3) is 0.621. The van der Waals surface area contributed by atoms with Crippen LogP contribution in [0, 0.1) is 0 Å². The average Bonchev–Trinajstić information content (AvgIpc) is 3.40. The first kappa shape index (κ1) is 31.6. The van der Waals surface area contributed by atoms with Gasteiger partial charge in [-0.15, -0.1) is 0 Å². The first-order chi connectivity index (χ1) is 21.0. The number of anilines is 2. The maximum absolute atomic E-state index is 14.5. The summed E-state index contributed by atoms with van der Waals surface area (Å²) in [4.78, 5) is 38.6. The Labute approximate surface area is 255 Å². The van der Waals surface area contributed by atoms with E-state index in [1.807, 2.05) is 44.7 Å². The van der Waals surface area contributed by atoms with Gasteiger partial charge < -0.3 is 33.8 Å². The highest BCUT2D eigenvalue weighted by Gasteiger charge is 2.30. The second kappa shape index (κ2) is 13.4. The lowest BCUT2D eigenvalue weighted by molar-refractivity contribution is 0.0240. The zero-order chi connectivity index (χ0) is 31.4. The van der Waals surface area contributed by atoms with Crippen molar-refractivity contribution in [1.29, 1.82) is 0 Å². The molecule has 4 heterocycles. The van der Waals surface area contributed by atoms with Crippen molar-refractivity contribution in [3.05, 3.63) is 24.0 Å². The fourth-order valence-electron chi connectivity index (χ4n) is 5.03. The summed E-state index contributed by atoms with van der Waals surface area (Å²) in [6.07, 6.45) is -2.51. The van der Waals surface area contributed by atoms with Crippen LogP contribution in [0.25, 0.3) is 17.0 Å². The first-order valence-electron chi connectivity index (χ1n) is 14.9. The number of imidazole rings is 1. The van der Waals surface area contributed by atoms with Gasteiger partial charge in [0.15, 0.2) is 5.82 Å². The third-order valence-corrected chi connectivity index (χ3v) is 7.18. The number of halogens is 2. The van der Waals surface area contributed by atoms with Gasteiger partial charge in [-0.3, -0.25) is 4.57 Å². The van der Waals surface area contributed by atoms with E-state index in [2.05, 4.69) is 14.9 Å². The van der Waals surface area contributed by atoms with E-state index in [9.17, 15) is 13.6 Å². The largest absolute Gasteiger partial charge is 0.491 e. The minimum absolute atomic E-state index is 0.0358. The number of piperazine rings is 1. The molecule has 3 aromatic rings. The smallest absolute Gasteiger partial charge is 0.410 e. The molecule has 0 atom stereocenters. The predicted molar refractivity (Wildman–Crippen MR) is 161 cm³/mol. The number of rotatable bonds is 9. The monoisotopic (exact) mass is 617 g/mol. The van der Waals surface area contributed by atoms with Crippen LogP contribution in [0.3, 0.4) is 0 Å². The molecule has 2 aliphatic rings. The maximum Gasteiger partial charge on any atom is 0.410 e. The molecule has 0 aliphatic carbocycles. The number of fused-ring (bicyclic) bond motifs is 1. The molecule has 0 bridgehead atoms. The van der Waals surface area contributed by atoms with E-state index >= 15 is 0 Å². The van der Waals surface area contributed by atoms with Gasteiger partial charge in [0.25, 0.3) is 6.43 Å². The van der Waals surface area contributed by atoms with Crippen molar-refractivity contribution in [3.8, 4) is 11.7 Å². The molecule has 13 nitrogen and oxygen atoms in total. The van der Waals surface area contributed by atoms with E-state index in [1.54, 1.807) is 23.1 Å². The van der Waals surface area contributed by atoms with Gasteiger partial charge in [0.2, 0.25) is 17.8 Å². The molecule has 5 rings (SSSR count). The molecule has 1 aromatic carbocycles. The summed E-state index contributed by atoms with van der Waals surface area (Å²) in [6.45, 7) is 10.5. The normalized spacial score (nSPS) is 16.3. The maximum atomic E-state index is 14.5. The van der Waals surface area contributed by atoms with Gasteiger partial charge in [-0.1, -0.05) is 6.07 Å². The van der Waals surface area contributed by atoms with E-state index < -0.39 is 17.9 Å². The van der Waals surface area contributed by atoms with Crippen molar-refractivity contribution in [1.82, 2.24) is 34.3 Å². The van der Waals surface area contributed by atoms with Gasteiger partial charge in [0, 0.05) is 45.8 Å². The van der Waals surface area contributed by atoms with Crippen molar-refractivity contribution in [3.63, 3.8) is 0 Å². The Morgan fingerprint density at radius 2 is 1.59 bits per heavy atom. The molecule has 2 saturated heterocycles. The molecule has 2 fully saturated rings. The third-order valence-electron chi connectivity index (χ3n) is 7.18. The number of benzene rings is 1. The van der Waals surface area contributed by atoms with Crippen LogP contribution in [0.1, 0.15) is 39.4 Å². The number of morpholine rings is 1. The lowest BCUT2D eigenvalue weighted by Crippen LogP contribution is -2.50. The fourth-order valence-corrected chi connectivity index (χ4v) is 5.03. The molecule has 0 saturated carbocycles. The molecule has 240 valence electrons.